The van der Waals surface area contributed by atoms with Crippen molar-refractivity contribution >= 4 is 21.4 Å². The van der Waals surface area contributed by atoms with E-state index in [9.17, 15) is 0 Å². The SMILES string of the molecule is Cc1ccc2scc(CN)c2c1.[HH]. The summed E-state index contributed by atoms with van der Waals surface area (Å²) < 4.78 is 1.33. The van der Waals surface area contributed by atoms with Crippen molar-refractivity contribution in [1.82, 2.24) is 0 Å². The van der Waals surface area contributed by atoms with E-state index in [-0.39, 0.29) is 1.43 Å². The van der Waals surface area contributed by atoms with Gasteiger partial charge in [0.05, 0.1) is 0 Å². The molecule has 0 saturated heterocycles. The number of benzene rings is 1. The fourth-order valence-electron chi connectivity index (χ4n) is 1.35. The van der Waals surface area contributed by atoms with Crippen molar-refractivity contribution in [3.05, 3.63) is 34.7 Å². The molecular weight excluding hydrogens is 166 g/mol. The van der Waals surface area contributed by atoms with Crippen molar-refractivity contribution in [2.75, 3.05) is 0 Å². The molecule has 0 radical (unpaired) electrons. The van der Waals surface area contributed by atoms with Crippen molar-refractivity contribution in [3.63, 3.8) is 0 Å². The van der Waals surface area contributed by atoms with Crippen molar-refractivity contribution in [3.8, 4) is 0 Å². The van der Waals surface area contributed by atoms with E-state index in [2.05, 4.69) is 30.5 Å². The first-order valence-corrected chi connectivity index (χ1v) is 4.86. The number of thiophene rings is 1. The zero-order chi connectivity index (χ0) is 8.55. The van der Waals surface area contributed by atoms with Gasteiger partial charge < -0.3 is 5.73 Å². The molecule has 0 atom stereocenters. The van der Waals surface area contributed by atoms with Gasteiger partial charge in [-0.2, -0.15) is 0 Å². The molecule has 0 aliphatic heterocycles. The lowest BCUT2D eigenvalue weighted by molar-refractivity contribution is 1.09. The molecule has 2 aromatic rings. The van der Waals surface area contributed by atoms with Crippen LogP contribution in [0.5, 0.6) is 0 Å². The zero-order valence-corrected chi connectivity index (χ0v) is 7.82. The highest BCUT2D eigenvalue weighted by Gasteiger charge is 2.01. The Bertz CT molecular complexity index is 408. The minimum absolute atomic E-state index is 0. The highest BCUT2D eigenvalue weighted by Crippen LogP contribution is 2.26. The molecule has 2 N–H and O–H groups in total. The number of nitrogens with two attached hydrogens (primary N) is 1. The second-order valence-corrected chi connectivity index (χ2v) is 3.88. The van der Waals surface area contributed by atoms with E-state index in [1.807, 2.05) is 0 Å². The number of rotatable bonds is 1. The van der Waals surface area contributed by atoms with Gasteiger partial charge in [0.1, 0.15) is 0 Å². The first kappa shape index (κ1) is 7.77. The molecule has 0 bridgehead atoms. The van der Waals surface area contributed by atoms with Gasteiger partial charge in [-0.1, -0.05) is 17.7 Å². The van der Waals surface area contributed by atoms with Crippen LogP contribution in [0.15, 0.2) is 23.6 Å². The van der Waals surface area contributed by atoms with Crippen molar-refractivity contribution in [2.45, 2.75) is 13.5 Å². The number of hydrogen-bond acceptors (Lipinski definition) is 2. The largest absolute Gasteiger partial charge is 0.326 e. The summed E-state index contributed by atoms with van der Waals surface area (Å²) in [7, 11) is 0. The summed E-state index contributed by atoms with van der Waals surface area (Å²) in [5.41, 5.74) is 8.18. The predicted octanol–water partition coefficient (Wildman–Crippen LogP) is 2.91. The third kappa shape index (κ3) is 1.13. The maximum absolute atomic E-state index is 5.62. The summed E-state index contributed by atoms with van der Waals surface area (Å²) in [6, 6.07) is 6.50. The van der Waals surface area contributed by atoms with Crippen LogP contribution in [0.25, 0.3) is 10.1 Å². The Hall–Kier alpha value is -0.860. The maximum Gasteiger partial charge on any atom is 0.0346 e. The molecule has 1 aromatic heterocycles. The van der Waals surface area contributed by atoms with Crippen LogP contribution in [-0.4, -0.2) is 0 Å². The van der Waals surface area contributed by atoms with E-state index in [1.165, 1.54) is 21.2 Å². The zero-order valence-electron chi connectivity index (χ0n) is 7.00. The molecule has 0 aliphatic carbocycles. The highest BCUT2D eigenvalue weighted by molar-refractivity contribution is 7.17. The lowest BCUT2D eigenvalue weighted by Gasteiger charge is -1.95. The quantitative estimate of drug-likeness (QED) is 0.715. The molecule has 12 heavy (non-hydrogen) atoms. The Balaban J connectivity index is 0.000000845. The van der Waals surface area contributed by atoms with E-state index in [1.54, 1.807) is 11.3 Å². The fraction of sp³-hybridized carbons (Fsp3) is 0.200. The Morgan fingerprint density at radius 3 is 3.08 bits per heavy atom. The maximum atomic E-state index is 5.62. The summed E-state index contributed by atoms with van der Waals surface area (Å²) in [6.45, 7) is 2.75. The van der Waals surface area contributed by atoms with Crippen LogP contribution < -0.4 is 5.73 Å². The normalized spacial score (nSPS) is 10.8. The Morgan fingerprint density at radius 1 is 1.50 bits per heavy atom. The molecule has 0 saturated carbocycles. The number of aryl methyl sites for hydroxylation is 1. The van der Waals surface area contributed by atoms with Crippen LogP contribution in [0, 0.1) is 6.92 Å². The standard InChI is InChI=1S/C10H11NS.H2/c1-7-2-3-10-9(4-7)8(5-11)6-12-10;/h2-4,6H,5,11H2,1H3;1H. The van der Waals surface area contributed by atoms with Gasteiger partial charge in [0.2, 0.25) is 0 Å². The molecule has 1 nitrogen and oxygen atoms in total. The number of fused-ring (bicyclic) bond motifs is 1. The minimum atomic E-state index is 0. The second kappa shape index (κ2) is 2.88. The van der Waals surface area contributed by atoms with Crippen LogP contribution in [0.1, 0.15) is 12.6 Å². The predicted molar refractivity (Wildman–Crippen MR) is 56.6 cm³/mol. The van der Waals surface area contributed by atoms with Gasteiger partial charge >= 0.3 is 0 Å². The van der Waals surface area contributed by atoms with Crippen LogP contribution >= 0.6 is 11.3 Å². The fourth-order valence-corrected chi connectivity index (χ4v) is 2.31. The Kier molecular flexibility index (Phi) is 1.87. The van der Waals surface area contributed by atoms with E-state index in [4.69, 9.17) is 5.73 Å². The highest BCUT2D eigenvalue weighted by atomic mass is 32.1. The van der Waals surface area contributed by atoms with Crippen LogP contribution in [0.3, 0.4) is 0 Å². The molecule has 0 spiro atoms. The van der Waals surface area contributed by atoms with Crippen LogP contribution in [0.2, 0.25) is 0 Å². The number of hydrogen-bond donors (Lipinski definition) is 1. The average Bonchev–Trinajstić information content (AvgIpc) is 2.46. The van der Waals surface area contributed by atoms with Gasteiger partial charge in [-0.3, -0.25) is 0 Å². The van der Waals surface area contributed by atoms with Crippen LogP contribution in [0.4, 0.5) is 0 Å². The van der Waals surface area contributed by atoms with Crippen molar-refractivity contribution in [2.24, 2.45) is 5.73 Å². The van der Waals surface area contributed by atoms with E-state index in [0.717, 1.165) is 0 Å². The van der Waals surface area contributed by atoms with E-state index >= 15 is 0 Å². The average molecular weight is 179 g/mol. The van der Waals surface area contributed by atoms with Gasteiger partial charge in [-0.05, 0) is 29.3 Å². The second-order valence-electron chi connectivity index (χ2n) is 2.96. The third-order valence-corrected chi connectivity index (χ3v) is 3.04. The summed E-state index contributed by atoms with van der Waals surface area (Å²) in [5, 5.41) is 3.46. The van der Waals surface area contributed by atoms with Gasteiger partial charge in [0.15, 0.2) is 0 Å². The molecule has 1 aromatic carbocycles. The van der Waals surface area contributed by atoms with E-state index < -0.39 is 0 Å². The monoisotopic (exact) mass is 179 g/mol. The molecule has 0 amide bonds. The summed E-state index contributed by atoms with van der Waals surface area (Å²) in [5.74, 6) is 0. The first-order valence-electron chi connectivity index (χ1n) is 3.98. The Labute approximate surface area is 77.3 Å². The molecule has 0 fully saturated rings. The molecule has 0 aliphatic rings. The molecular formula is C10H13NS. The summed E-state index contributed by atoms with van der Waals surface area (Å²) in [4.78, 5) is 0. The van der Waals surface area contributed by atoms with Gasteiger partial charge in [0.25, 0.3) is 0 Å². The molecule has 2 heteroatoms. The van der Waals surface area contributed by atoms with Crippen LogP contribution in [-0.2, 0) is 6.54 Å². The summed E-state index contributed by atoms with van der Waals surface area (Å²) in [6.07, 6.45) is 0. The van der Waals surface area contributed by atoms with E-state index in [0.29, 0.717) is 6.54 Å². The van der Waals surface area contributed by atoms with Crippen molar-refractivity contribution < 1.29 is 1.43 Å². The topological polar surface area (TPSA) is 26.0 Å². The minimum Gasteiger partial charge on any atom is -0.326 e. The van der Waals surface area contributed by atoms with Gasteiger partial charge in [0, 0.05) is 12.7 Å². The molecule has 2 rings (SSSR count). The lowest BCUT2D eigenvalue weighted by atomic mass is 10.1. The first-order chi connectivity index (χ1) is 5.81. The van der Waals surface area contributed by atoms with Crippen molar-refractivity contribution in [1.29, 1.82) is 0 Å². The van der Waals surface area contributed by atoms with Gasteiger partial charge in [-0.15, -0.1) is 11.3 Å². The molecule has 0 unspecified atom stereocenters. The smallest absolute Gasteiger partial charge is 0.0346 e. The molecule has 1 heterocycles. The molecule has 64 valence electrons. The summed E-state index contributed by atoms with van der Waals surface area (Å²) >= 11 is 1.77. The third-order valence-electron chi connectivity index (χ3n) is 2.03. The van der Waals surface area contributed by atoms with Gasteiger partial charge in [-0.25, -0.2) is 0 Å². The lowest BCUT2D eigenvalue weighted by Crippen LogP contribution is -1.93. The Morgan fingerprint density at radius 2 is 2.33 bits per heavy atom.